The van der Waals surface area contributed by atoms with E-state index in [4.69, 9.17) is 10.2 Å². The number of furan rings is 1. The molecular formula is C13H13NO2. The zero-order valence-electron chi connectivity index (χ0n) is 8.85. The van der Waals surface area contributed by atoms with Gasteiger partial charge in [0.25, 0.3) is 0 Å². The van der Waals surface area contributed by atoms with E-state index >= 15 is 0 Å². The average Bonchev–Trinajstić information content (AvgIpc) is 2.83. The van der Waals surface area contributed by atoms with Crippen LogP contribution in [0.1, 0.15) is 21.7 Å². The van der Waals surface area contributed by atoms with E-state index in [-0.39, 0.29) is 5.78 Å². The zero-order chi connectivity index (χ0) is 11.4. The normalized spacial score (nSPS) is 10.3. The molecule has 3 heteroatoms. The van der Waals surface area contributed by atoms with Crippen LogP contribution in [0.15, 0.2) is 47.1 Å². The quantitative estimate of drug-likeness (QED) is 0.794. The highest BCUT2D eigenvalue weighted by atomic mass is 16.3. The van der Waals surface area contributed by atoms with Crippen molar-refractivity contribution >= 4 is 5.78 Å². The molecule has 2 aromatic rings. The molecule has 0 aliphatic rings. The van der Waals surface area contributed by atoms with E-state index in [1.807, 2.05) is 18.2 Å². The van der Waals surface area contributed by atoms with Crippen molar-refractivity contribution in [2.24, 2.45) is 5.73 Å². The summed E-state index contributed by atoms with van der Waals surface area (Å²) in [4.78, 5) is 12.1. The summed E-state index contributed by atoms with van der Waals surface area (Å²) in [5.74, 6) is 0.276. The summed E-state index contributed by atoms with van der Waals surface area (Å²) in [7, 11) is 0. The molecule has 0 saturated heterocycles. The lowest BCUT2D eigenvalue weighted by Crippen LogP contribution is -2.09. The molecule has 0 spiro atoms. The standard InChI is InChI=1S/C13H13NO2/c14-8-7-10-4-1-2-5-11(10)13(15)12-6-3-9-16-12/h1-6,9H,7-8,14H2. The minimum Gasteiger partial charge on any atom is -0.461 e. The Labute approximate surface area is 93.9 Å². The Morgan fingerprint density at radius 1 is 1.19 bits per heavy atom. The molecule has 82 valence electrons. The van der Waals surface area contributed by atoms with Crippen LogP contribution in [0.2, 0.25) is 0 Å². The summed E-state index contributed by atoms with van der Waals surface area (Å²) in [6.45, 7) is 0.530. The van der Waals surface area contributed by atoms with E-state index in [0.717, 1.165) is 5.56 Å². The molecule has 0 bridgehead atoms. The molecule has 1 aromatic carbocycles. The molecule has 2 rings (SSSR count). The summed E-state index contributed by atoms with van der Waals surface area (Å²) < 4.78 is 5.10. The van der Waals surface area contributed by atoms with E-state index < -0.39 is 0 Å². The molecule has 0 saturated carbocycles. The first-order chi connectivity index (χ1) is 7.83. The second kappa shape index (κ2) is 4.77. The van der Waals surface area contributed by atoms with Crippen LogP contribution in [0.25, 0.3) is 0 Å². The number of carbonyl (C=O) groups is 1. The van der Waals surface area contributed by atoms with Gasteiger partial charge in [-0.3, -0.25) is 4.79 Å². The third-order valence-corrected chi connectivity index (χ3v) is 2.42. The second-order valence-corrected chi connectivity index (χ2v) is 3.50. The number of benzene rings is 1. The maximum absolute atomic E-state index is 12.1. The Balaban J connectivity index is 2.36. The summed E-state index contributed by atoms with van der Waals surface area (Å²) in [6, 6.07) is 10.8. The van der Waals surface area contributed by atoms with Crippen LogP contribution in [0.3, 0.4) is 0 Å². The molecule has 0 unspecified atom stereocenters. The summed E-state index contributed by atoms with van der Waals surface area (Å²) in [5.41, 5.74) is 7.15. The predicted molar refractivity (Wildman–Crippen MR) is 61.3 cm³/mol. The van der Waals surface area contributed by atoms with Gasteiger partial charge in [-0.25, -0.2) is 0 Å². The van der Waals surface area contributed by atoms with Gasteiger partial charge in [0.15, 0.2) is 5.76 Å². The predicted octanol–water partition coefficient (Wildman–Crippen LogP) is 2.01. The van der Waals surface area contributed by atoms with E-state index in [1.165, 1.54) is 6.26 Å². The van der Waals surface area contributed by atoms with Crippen LogP contribution < -0.4 is 5.73 Å². The lowest BCUT2D eigenvalue weighted by Gasteiger charge is -2.05. The van der Waals surface area contributed by atoms with Crippen LogP contribution in [-0.4, -0.2) is 12.3 Å². The van der Waals surface area contributed by atoms with Crippen molar-refractivity contribution < 1.29 is 9.21 Å². The van der Waals surface area contributed by atoms with Crippen LogP contribution in [-0.2, 0) is 6.42 Å². The van der Waals surface area contributed by atoms with Gasteiger partial charge in [-0.2, -0.15) is 0 Å². The molecule has 2 N–H and O–H groups in total. The smallest absolute Gasteiger partial charge is 0.228 e. The van der Waals surface area contributed by atoms with Gasteiger partial charge in [0, 0.05) is 5.56 Å². The number of hydrogen-bond donors (Lipinski definition) is 1. The van der Waals surface area contributed by atoms with Gasteiger partial charge in [0.2, 0.25) is 5.78 Å². The molecule has 3 nitrogen and oxygen atoms in total. The van der Waals surface area contributed by atoms with Crippen molar-refractivity contribution in [3.8, 4) is 0 Å². The molecule has 1 aromatic heterocycles. The van der Waals surface area contributed by atoms with Gasteiger partial charge in [-0.1, -0.05) is 24.3 Å². The van der Waals surface area contributed by atoms with E-state index in [9.17, 15) is 4.79 Å². The Bertz CT molecular complexity index is 474. The van der Waals surface area contributed by atoms with E-state index in [1.54, 1.807) is 18.2 Å². The molecule has 0 aliphatic heterocycles. The van der Waals surface area contributed by atoms with Crippen LogP contribution in [0, 0.1) is 0 Å². The van der Waals surface area contributed by atoms with E-state index in [0.29, 0.717) is 24.3 Å². The van der Waals surface area contributed by atoms with E-state index in [2.05, 4.69) is 0 Å². The highest BCUT2D eigenvalue weighted by Gasteiger charge is 2.14. The molecule has 0 aliphatic carbocycles. The number of rotatable bonds is 4. The first-order valence-corrected chi connectivity index (χ1v) is 5.19. The summed E-state index contributed by atoms with van der Waals surface area (Å²) in [6.07, 6.45) is 2.20. The average molecular weight is 215 g/mol. The maximum Gasteiger partial charge on any atom is 0.228 e. The molecule has 1 heterocycles. The van der Waals surface area contributed by atoms with Crippen molar-refractivity contribution in [2.45, 2.75) is 6.42 Å². The van der Waals surface area contributed by atoms with Gasteiger partial charge >= 0.3 is 0 Å². The SMILES string of the molecule is NCCc1ccccc1C(=O)c1ccco1. The fourth-order valence-electron chi connectivity index (χ4n) is 1.66. The fraction of sp³-hybridized carbons (Fsp3) is 0.154. The topological polar surface area (TPSA) is 56.2 Å². The van der Waals surface area contributed by atoms with Crippen molar-refractivity contribution in [1.29, 1.82) is 0 Å². The Morgan fingerprint density at radius 2 is 2.00 bits per heavy atom. The minimum absolute atomic E-state index is 0.0888. The largest absolute Gasteiger partial charge is 0.461 e. The van der Waals surface area contributed by atoms with Crippen molar-refractivity contribution in [2.75, 3.05) is 6.54 Å². The first kappa shape index (κ1) is 10.6. The third-order valence-electron chi connectivity index (χ3n) is 2.42. The first-order valence-electron chi connectivity index (χ1n) is 5.19. The zero-order valence-corrected chi connectivity index (χ0v) is 8.85. The maximum atomic E-state index is 12.1. The molecule has 16 heavy (non-hydrogen) atoms. The highest BCUT2D eigenvalue weighted by Crippen LogP contribution is 2.15. The van der Waals surface area contributed by atoms with Gasteiger partial charge in [-0.05, 0) is 30.7 Å². The number of ketones is 1. The second-order valence-electron chi connectivity index (χ2n) is 3.50. The third kappa shape index (κ3) is 2.04. The lowest BCUT2D eigenvalue weighted by molar-refractivity contribution is 0.101. The van der Waals surface area contributed by atoms with Crippen LogP contribution >= 0.6 is 0 Å². The lowest BCUT2D eigenvalue weighted by atomic mass is 10.00. The number of hydrogen-bond acceptors (Lipinski definition) is 3. The van der Waals surface area contributed by atoms with Crippen molar-refractivity contribution in [3.05, 3.63) is 59.5 Å². The van der Waals surface area contributed by atoms with Crippen LogP contribution in [0.4, 0.5) is 0 Å². The number of nitrogens with two attached hydrogens (primary N) is 1. The van der Waals surface area contributed by atoms with Gasteiger partial charge in [0.05, 0.1) is 6.26 Å². The molecule has 0 radical (unpaired) electrons. The fourth-order valence-corrected chi connectivity index (χ4v) is 1.66. The Morgan fingerprint density at radius 3 is 2.69 bits per heavy atom. The molecule has 0 amide bonds. The molecule has 0 fully saturated rings. The minimum atomic E-state index is -0.0888. The van der Waals surface area contributed by atoms with Crippen LogP contribution in [0.5, 0.6) is 0 Å². The summed E-state index contributed by atoms with van der Waals surface area (Å²) >= 11 is 0. The Kier molecular flexibility index (Phi) is 3.17. The summed E-state index contributed by atoms with van der Waals surface area (Å²) in [5, 5.41) is 0. The molecule has 0 atom stereocenters. The van der Waals surface area contributed by atoms with Gasteiger partial charge in [-0.15, -0.1) is 0 Å². The highest BCUT2D eigenvalue weighted by molar-refractivity contribution is 6.08. The Hall–Kier alpha value is -1.87. The van der Waals surface area contributed by atoms with Gasteiger partial charge < -0.3 is 10.2 Å². The number of carbonyl (C=O) groups excluding carboxylic acids is 1. The van der Waals surface area contributed by atoms with Crippen molar-refractivity contribution in [1.82, 2.24) is 0 Å². The van der Waals surface area contributed by atoms with Gasteiger partial charge in [0.1, 0.15) is 0 Å². The van der Waals surface area contributed by atoms with Crippen molar-refractivity contribution in [3.63, 3.8) is 0 Å². The monoisotopic (exact) mass is 215 g/mol. The molecular weight excluding hydrogens is 202 g/mol.